The molecule has 0 aliphatic carbocycles. The van der Waals surface area contributed by atoms with Gasteiger partial charge >= 0.3 is 0 Å². The Morgan fingerprint density at radius 1 is 1.18 bits per heavy atom. The lowest BCUT2D eigenvalue weighted by molar-refractivity contribution is -0.121. The van der Waals surface area contributed by atoms with Crippen molar-refractivity contribution in [2.75, 3.05) is 0 Å². The number of H-pyrrole nitrogens is 1. The van der Waals surface area contributed by atoms with Gasteiger partial charge < -0.3 is 10.3 Å². The maximum Gasteiger partial charge on any atom is 0.225 e. The molecule has 1 amide bonds. The van der Waals surface area contributed by atoms with E-state index in [0.717, 1.165) is 40.4 Å². The highest BCUT2D eigenvalue weighted by Crippen LogP contribution is 2.23. The average molecular weight is 382 g/mol. The molecule has 0 spiro atoms. The van der Waals surface area contributed by atoms with E-state index in [-0.39, 0.29) is 17.9 Å². The summed E-state index contributed by atoms with van der Waals surface area (Å²) in [7, 11) is 0. The third-order valence-corrected chi connectivity index (χ3v) is 5.09. The summed E-state index contributed by atoms with van der Waals surface area (Å²) in [6.45, 7) is 13.4. The molecule has 1 unspecified atom stereocenters. The molecule has 0 radical (unpaired) electrons. The molecule has 28 heavy (non-hydrogen) atoms. The maximum absolute atomic E-state index is 12.9. The number of amides is 1. The van der Waals surface area contributed by atoms with E-state index in [0.29, 0.717) is 12.3 Å². The number of nitrogens with one attached hydrogen (secondary N) is 2. The molecule has 0 saturated carbocycles. The minimum Gasteiger partial charge on any atom is -0.346 e. The van der Waals surface area contributed by atoms with Gasteiger partial charge in [-0.05, 0) is 37.8 Å². The summed E-state index contributed by atoms with van der Waals surface area (Å²) in [5.74, 6) is 1.52. The van der Waals surface area contributed by atoms with E-state index < -0.39 is 0 Å². The minimum atomic E-state index is -0.161. The molecule has 0 aliphatic heterocycles. The first-order chi connectivity index (χ1) is 13.3. The Labute approximate surface area is 166 Å². The number of fused-ring (bicyclic) bond motifs is 1. The zero-order valence-corrected chi connectivity index (χ0v) is 17.7. The molecule has 1 aromatic carbocycles. The summed E-state index contributed by atoms with van der Waals surface area (Å²) in [6.07, 6.45) is 0.333. The molecule has 6 nitrogen and oxygen atoms in total. The summed E-state index contributed by atoms with van der Waals surface area (Å²) >= 11 is 0. The van der Waals surface area contributed by atoms with Crippen LogP contribution in [0.2, 0.25) is 0 Å². The van der Waals surface area contributed by atoms with Crippen LogP contribution in [0.1, 0.15) is 56.5 Å². The number of para-hydroxylation sites is 2. The molecule has 150 valence electrons. The lowest BCUT2D eigenvalue weighted by atomic mass is 10.0. The van der Waals surface area contributed by atoms with E-state index >= 15 is 0 Å². The molecule has 2 heterocycles. The van der Waals surface area contributed by atoms with Gasteiger partial charge in [-0.3, -0.25) is 9.48 Å². The van der Waals surface area contributed by atoms with Crippen LogP contribution in [0.5, 0.6) is 0 Å². The van der Waals surface area contributed by atoms with E-state index in [9.17, 15) is 4.79 Å². The molecule has 1 atom stereocenters. The van der Waals surface area contributed by atoms with Gasteiger partial charge in [0, 0.05) is 17.8 Å². The first-order valence-corrected chi connectivity index (χ1v) is 10.0. The summed E-state index contributed by atoms with van der Waals surface area (Å²) in [4.78, 5) is 20.9. The number of aromatic nitrogens is 4. The van der Waals surface area contributed by atoms with Crippen molar-refractivity contribution in [2.45, 2.75) is 60.5 Å². The second kappa shape index (κ2) is 8.17. The number of benzene rings is 1. The Morgan fingerprint density at radius 2 is 1.89 bits per heavy atom. The predicted octanol–water partition coefficient (Wildman–Crippen LogP) is 4.09. The van der Waals surface area contributed by atoms with Gasteiger partial charge in [0.2, 0.25) is 5.91 Å². The number of aryl methyl sites for hydroxylation is 1. The third-order valence-electron chi connectivity index (χ3n) is 5.09. The van der Waals surface area contributed by atoms with E-state index in [4.69, 9.17) is 0 Å². The smallest absolute Gasteiger partial charge is 0.225 e. The van der Waals surface area contributed by atoms with Gasteiger partial charge in [0.15, 0.2) is 0 Å². The average Bonchev–Trinajstić information content (AvgIpc) is 3.15. The fourth-order valence-corrected chi connectivity index (χ4v) is 3.57. The Hall–Kier alpha value is -2.63. The number of aromatic amines is 1. The van der Waals surface area contributed by atoms with Crippen LogP contribution in [0.4, 0.5) is 0 Å². The standard InChI is InChI=1S/C22H31N5O/c1-13(2)12-27-16(6)17(15(5)26-27)11-20(28)25-21(14(3)4)22-23-18-9-7-8-10-19(18)24-22/h7-10,13-14,21H,11-12H2,1-6H3,(H,23,24)(H,25,28). The Bertz CT molecular complexity index is 934. The monoisotopic (exact) mass is 381 g/mol. The summed E-state index contributed by atoms with van der Waals surface area (Å²) in [5.41, 5.74) is 4.92. The molecule has 0 fully saturated rings. The Balaban J connectivity index is 1.77. The fourth-order valence-electron chi connectivity index (χ4n) is 3.57. The van der Waals surface area contributed by atoms with E-state index in [1.54, 1.807) is 0 Å². The highest BCUT2D eigenvalue weighted by atomic mass is 16.1. The van der Waals surface area contributed by atoms with Crippen molar-refractivity contribution < 1.29 is 4.79 Å². The minimum absolute atomic E-state index is 0.00514. The number of hydrogen-bond donors (Lipinski definition) is 2. The van der Waals surface area contributed by atoms with E-state index in [1.807, 2.05) is 42.8 Å². The molecule has 0 saturated heterocycles. The quantitative estimate of drug-likeness (QED) is 0.647. The van der Waals surface area contributed by atoms with Crippen molar-refractivity contribution in [2.24, 2.45) is 11.8 Å². The normalized spacial score (nSPS) is 12.9. The van der Waals surface area contributed by atoms with Crippen LogP contribution in [-0.2, 0) is 17.8 Å². The Kier molecular flexibility index (Phi) is 5.87. The number of carbonyl (C=O) groups is 1. The van der Waals surface area contributed by atoms with E-state index in [1.165, 1.54) is 0 Å². The van der Waals surface area contributed by atoms with Crippen molar-refractivity contribution in [1.29, 1.82) is 0 Å². The Morgan fingerprint density at radius 3 is 2.54 bits per heavy atom. The second-order valence-corrected chi connectivity index (χ2v) is 8.33. The van der Waals surface area contributed by atoms with Gasteiger partial charge in [-0.2, -0.15) is 5.10 Å². The van der Waals surface area contributed by atoms with Crippen LogP contribution >= 0.6 is 0 Å². The molecular formula is C22H31N5O. The van der Waals surface area contributed by atoms with Gasteiger partial charge in [0.1, 0.15) is 5.82 Å². The number of hydrogen-bond acceptors (Lipinski definition) is 3. The molecule has 0 bridgehead atoms. The van der Waals surface area contributed by atoms with Gasteiger partial charge in [0.25, 0.3) is 0 Å². The topological polar surface area (TPSA) is 75.6 Å². The maximum atomic E-state index is 12.9. The van der Waals surface area contributed by atoms with Crippen molar-refractivity contribution in [1.82, 2.24) is 25.1 Å². The van der Waals surface area contributed by atoms with Crippen molar-refractivity contribution >= 4 is 16.9 Å². The van der Waals surface area contributed by atoms with Crippen LogP contribution < -0.4 is 5.32 Å². The largest absolute Gasteiger partial charge is 0.346 e. The molecule has 2 aromatic heterocycles. The lowest BCUT2D eigenvalue weighted by Crippen LogP contribution is -2.33. The van der Waals surface area contributed by atoms with Gasteiger partial charge in [0.05, 0.1) is 29.2 Å². The molecule has 6 heteroatoms. The summed E-state index contributed by atoms with van der Waals surface area (Å²) in [6, 6.07) is 7.76. The van der Waals surface area contributed by atoms with Crippen LogP contribution in [-0.4, -0.2) is 25.7 Å². The van der Waals surface area contributed by atoms with Crippen LogP contribution in [0.25, 0.3) is 11.0 Å². The number of rotatable bonds is 7. The lowest BCUT2D eigenvalue weighted by Gasteiger charge is -2.20. The van der Waals surface area contributed by atoms with Gasteiger partial charge in [-0.15, -0.1) is 0 Å². The van der Waals surface area contributed by atoms with Gasteiger partial charge in [-0.1, -0.05) is 39.8 Å². The molecule has 2 N–H and O–H groups in total. The molecule has 3 rings (SSSR count). The van der Waals surface area contributed by atoms with E-state index in [2.05, 4.69) is 48.1 Å². The first kappa shape index (κ1) is 20.1. The molecule has 3 aromatic rings. The first-order valence-electron chi connectivity index (χ1n) is 10.0. The number of nitrogens with zero attached hydrogens (tertiary/aromatic N) is 3. The predicted molar refractivity (Wildman–Crippen MR) is 112 cm³/mol. The highest BCUT2D eigenvalue weighted by molar-refractivity contribution is 5.80. The molecular weight excluding hydrogens is 350 g/mol. The van der Waals surface area contributed by atoms with Crippen molar-refractivity contribution in [3.63, 3.8) is 0 Å². The zero-order chi connectivity index (χ0) is 20.4. The number of carbonyl (C=O) groups excluding carboxylic acids is 1. The van der Waals surface area contributed by atoms with Crippen molar-refractivity contribution in [3.05, 3.63) is 47.0 Å². The zero-order valence-electron chi connectivity index (χ0n) is 17.7. The summed E-state index contributed by atoms with van der Waals surface area (Å²) < 4.78 is 2.02. The third kappa shape index (κ3) is 4.26. The van der Waals surface area contributed by atoms with Gasteiger partial charge in [-0.25, -0.2) is 4.98 Å². The SMILES string of the molecule is Cc1nn(CC(C)C)c(C)c1CC(=O)NC(c1nc2ccccc2[nH]1)C(C)C. The number of imidazole rings is 1. The van der Waals surface area contributed by atoms with Crippen LogP contribution in [0.15, 0.2) is 24.3 Å². The molecule has 0 aliphatic rings. The van der Waals surface area contributed by atoms with Crippen molar-refractivity contribution in [3.8, 4) is 0 Å². The van der Waals surface area contributed by atoms with Crippen LogP contribution in [0, 0.1) is 25.7 Å². The highest BCUT2D eigenvalue weighted by Gasteiger charge is 2.23. The van der Waals surface area contributed by atoms with Crippen LogP contribution in [0.3, 0.4) is 0 Å². The fraction of sp³-hybridized carbons (Fsp3) is 0.500. The second-order valence-electron chi connectivity index (χ2n) is 8.33. The summed E-state index contributed by atoms with van der Waals surface area (Å²) in [5, 5.41) is 7.80.